The van der Waals surface area contributed by atoms with Gasteiger partial charge in [-0.1, -0.05) is 152 Å². The zero-order chi connectivity index (χ0) is 37.5. The van der Waals surface area contributed by atoms with Crippen molar-refractivity contribution in [3.63, 3.8) is 0 Å². The normalized spacial score (nSPS) is 13.7. The number of fused-ring (bicyclic) bond motifs is 10. The third-order valence-corrected chi connectivity index (χ3v) is 12.7. The Balaban J connectivity index is 0.947. The Bertz CT molecular complexity index is 3340. The minimum Gasteiger partial charge on any atom is -0.464 e. The van der Waals surface area contributed by atoms with Gasteiger partial charge in [0.05, 0.1) is 16.7 Å². The summed E-state index contributed by atoms with van der Waals surface area (Å²) >= 11 is 1.83. The van der Waals surface area contributed by atoms with Crippen LogP contribution in [0.2, 0.25) is 0 Å². The van der Waals surface area contributed by atoms with Gasteiger partial charge in [0.15, 0.2) is 12.0 Å². The Morgan fingerprint density at radius 1 is 0.456 bits per heavy atom. The van der Waals surface area contributed by atoms with Gasteiger partial charge in [-0.2, -0.15) is 0 Å². The monoisotopic (exact) mass is 746 g/mol. The minimum atomic E-state index is -0.328. The molecule has 3 nitrogen and oxygen atoms in total. The second-order valence-corrected chi connectivity index (χ2v) is 16.0. The first kappa shape index (κ1) is 32.1. The van der Waals surface area contributed by atoms with E-state index in [1.807, 2.05) is 11.3 Å². The number of hydrogen-bond donors (Lipinski definition) is 1. The topological polar surface area (TPSA) is 26.2 Å². The molecule has 0 saturated carbocycles. The van der Waals surface area contributed by atoms with Crippen LogP contribution in [0.5, 0.6) is 5.75 Å². The van der Waals surface area contributed by atoms with Crippen molar-refractivity contribution < 1.29 is 4.74 Å². The fraction of sp³-hybridized carbons (Fsp3) is 0.0189. The summed E-state index contributed by atoms with van der Waals surface area (Å²) in [4.78, 5) is 0. The van der Waals surface area contributed by atoms with Crippen molar-refractivity contribution in [2.24, 2.45) is 0 Å². The predicted octanol–water partition coefficient (Wildman–Crippen LogP) is 14.8. The van der Waals surface area contributed by atoms with E-state index in [9.17, 15) is 0 Å². The quantitative estimate of drug-likeness (QED) is 0.190. The standard InChI is InChI=1S/C53H34N2OS/c1-3-12-33(13-4-1)37-15-11-16-39(30-37)44-32-48-50(43-20-9-10-21-47(43)57-48)52-51(44)54-53(56-52)36-24-22-34(23-25-36)38-26-28-42-46(31-38)55(40-17-5-2-6-18-40)45-29-27-35-14-7-8-19-41(35)49(42)45/h1-32,53-54H. The lowest BCUT2D eigenvalue weighted by Crippen LogP contribution is -2.10. The van der Waals surface area contributed by atoms with Crippen molar-refractivity contribution >= 4 is 69.8 Å². The van der Waals surface area contributed by atoms with Gasteiger partial charge in [-0.3, -0.25) is 0 Å². The summed E-state index contributed by atoms with van der Waals surface area (Å²) in [6.07, 6.45) is -0.328. The molecule has 2 aromatic heterocycles. The molecule has 57 heavy (non-hydrogen) atoms. The van der Waals surface area contributed by atoms with Crippen LogP contribution in [0.3, 0.4) is 0 Å². The highest BCUT2D eigenvalue weighted by atomic mass is 32.1. The molecule has 0 spiro atoms. The lowest BCUT2D eigenvalue weighted by Gasteiger charge is -2.13. The zero-order valence-corrected chi connectivity index (χ0v) is 31.6. The molecule has 1 aliphatic heterocycles. The van der Waals surface area contributed by atoms with Crippen LogP contribution in [-0.2, 0) is 0 Å². The average molecular weight is 747 g/mol. The highest BCUT2D eigenvalue weighted by Gasteiger charge is 2.30. The molecule has 268 valence electrons. The van der Waals surface area contributed by atoms with Gasteiger partial charge in [-0.05, 0) is 81.1 Å². The smallest absolute Gasteiger partial charge is 0.196 e. The SMILES string of the molecule is c1ccc(-c2cccc(-c3cc4sc5ccccc5c4c4c3NC(c3ccc(-c5ccc6c7c8ccccc8ccc7n(-c7ccccc7)c6c5)cc3)O4)c2)cc1. The largest absolute Gasteiger partial charge is 0.464 e. The highest BCUT2D eigenvalue weighted by molar-refractivity contribution is 7.26. The third-order valence-electron chi connectivity index (χ3n) is 11.6. The predicted molar refractivity (Wildman–Crippen MR) is 241 cm³/mol. The number of anilines is 1. The molecular formula is C53H34N2OS. The number of ether oxygens (including phenoxy) is 1. The van der Waals surface area contributed by atoms with E-state index in [1.54, 1.807) is 0 Å². The van der Waals surface area contributed by atoms with E-state index in [4.69, 9.17) is 4.74 Å². The molecule has 0 bridgehead atoms. The molecule has 0 radical (unpaired) electrons. The molecule has 12 rings (SSSR count). The summed E-state index contributed by atoms with van der Waals surface area (Å²) in [5.41, 5.74) is 12.7. The number of aromatic nitrogens is 1. The van der Waals surface area contributed by atoms with Crippen LogP contribution in [0.1, 0.15) is 11.8 Å². The first-order valence-electron chi connectivity index (χ1n) is 19.4. The van der Waals surface area contributed by atoms with E-state index in [-0.39, 0.29) is 6.23 Å². The summed E-state index contributed by atoms with van der Waals surface area (Å²) < 4.78 is 11.9. The van der Waals surface area contributed by atoms with E-state index < -0.39 is 0 Å². The summed E-state index contributed by atoms with van der Waals surface area (Å²) in [6, 6.07) is 70.2. The lowest BCUT2D eigenvalue weighted by atomic mass is 9.96. The summed E-state index contributed by atoms with van der Waals surface area (Å²) in [5, 5.41) is 11.3. The first-order valence-corrected chi connectivity index (χ1v) is 20.3. The van der Waals surface area contributed by atoms with Crippen molar-refractivity contribution in [1.29, 1.82) is 0 Å². The number of hydrogen-bond acceptors (Lipinski definition) is 3. The molecular weight excluding hydrogens is 713 g/mol. The summed E-state index contributed by atoms with van der Waals surface area (Å²) in [6.45, 7) is 0. The molecule has 9 aromatic carbocycles. The summed E-state index contributed by atoms with van der Waals surface area (Å²) in [7, 11) is 0. The van der Waals surface area contributed by atoms with Crippen molar-refractivity contribution in [3.8, 4) is 44.8 Å². The second kappa shape index (κ2) is 12.7. The van der Waals surface area contributed by atoms with Gasteiger partial charge >= 0.3 is 0 Å². The number of rotatable bonds is 5. The molecule has 11 aromatic rings. The Kier molecular flexibility index (Phi) is 7.16. The van der Waals surface area contributed by atoms with Crippen molar-refractivity contribution in [2.45, 2.75) is 6.23 Å². The Morgan fingerprint density at radius 3 is 2.00 bits per heavy atom. The van der Waals surface area contributed by atoms with Crippen molar-refractivity contribution in [2.75, 3.05) is 5.32 Å². The third kappa shape index (κ3) is 5.11. The van der Waals surface area contributed by atoms with Crippen LogP contribution in [0.15, 0.2) is 194 Å². The van der Waals surface area contributed by atoms with E-state index in [0.717, 1.165) is 39.4 Å². The van der Waals surface area contributed by atoms with E-state index >= 15 is 0 Å². The molecule has 1 N–H and O–H groups in total. The van der Waals surface area contributed by atoms with Gasteiger partial charge in [0.2, 0.25) is 0 Å². The fourth-order valence-electron chi connectivity index (χ4n) is 8.94. The molecule has 0 amide bonds. The molecule has 0 saturated heterocycles. The minimum absolute atomic E-state index is 0.328. The van der Waals surface area contributed by atoms with Crippen LogP contribution < -0.4 is 10.1 Å². The first-order chi connectivity index (χ1) is 28.2. The number of para-hydroxylation sites is 1. The van der Waals surface area contributed by atoms with Crippen LogP contribution in [0.25, 0.3) is 91.8 Å². The summed E-state index contributed by atoms with van der Waals surface area (Å²) in [5.74, 6) is 0.922. The van der Waals surface area contributed by atoms with Crippen LogP contribution in [-0.4, -0.2) is 4.57 Å². The van der Waals surface area contributed by atoms with Gasteiger partial charge in [-0.25, -0.2) is 0 Å². The maximum absolute atomic E-state index is 6.98. The van der Waals surface area contributed by atoms with Crippen LogP contribution in [0.4, 0.5) is 5.69 Å². The Hall–Kier alpha value is -7.14. The highest BCUT2D eigenvalue weighted by Crippen LogP contribution is 2.53. The molecule has 0 aliphatic carbocycles. The number of benzene rings is 9. The molecule has 1 unspecified atom stereocenters. The Labute approximate surface area is 333 Å². The van der Waals surface area contributed by atoms with E-state index in [2.05, 4.69) is 204 Å². The van der Waals surface area contributed by atoms with Gasteiger partial charge < -0.3 is 14.6 Å². The van der Waals surface area contributed by atoms with E-state index in [0.29, 0.717) is 0 Å². The second-order valence-electron chi connectivity index (χ2n) is 14.9. The van der Waals surface area contributed by atoms with E-state index in [1.165, 1.54) is 69.4 Å². The molecule has 0 fully saturated rings. The number of nitrogens with zero attached hydrogens (tertiary/aromatic N) is 1. The fourth-order valence-corrected chi connectivity index (χ4v) is 10.1. The van der Waals surface area contributed by atoms with Crippen LogP contribution in [0, 0.1) is 0 Å². The van der Waals surface area contributed by atoms with Crippen LogP contribution >= 0.6 is 11.3 Å². The average Bonchev–Trinajstić information content (AvgIpc) is 3.99. The molecule has 1 atom stereocenters. The number of thiophene rings is 1. The zero-order valence-electron chi connectivity index (χ0n) is 30.8. The molecule has 1 aliphatic rings. The maximum Gasteiger partial charge on any atom is 0.196 e. The number of nitrogens with one attached hydrogen (secondary N) is 1. The van der Waals surface area contributed by atoms with Gasteiger partial charge in [0, 0.05) is 47.8 Å². The lowest BCUT2D eigenvalue weighted by molar-refractivity contribution is 0.263. The maximum atomic E-state index is 6.98. The van der Waals surface area contributed by atoms with Gasteiger partial charge in [-0.15, -0.1) is 11.3 Å². The molecule has 4 heteroatoms. The van der Waals surface area contributed by atoms with Gasteiger partial charge in [0.25, 0.3) is 0 Å². The van der Waals surface area contributed by atoms with Gasteiger partial charge in [0.1, 0.15) is 0 Å². The van der Waals surface area contributed by atoms with Crippen molar-refractivity contribution in [3.05, 3.63) is 200 Å². The van der Waals surface area contributed by atoms with Crippen molar-refractivity contribution in [1.82, 2.24) is 4.57 Å². The Morgan fingerprint density at radius 2 is 1.14 bits per heavy atom. The molecule has 3 heterocycles.